The number of rotatable bonds is 9. The number of carbonyl (C=O) groups is 3. The molecule has 278 valence electrons. The molecule has 1 atom stereocenters. The van der Waals surface area contributed by atoms with Crippen molar-refractivity contribution >= 4 is 62.5 Å². The van der Waals surface area contributed by atoms with Crippen LogP contribution < -0.4 is 26.2 Å². The molecule has 6 heterocycles. The molecule has 3 amide bonds. The molecule has 0 aliphatic carbocycles. The number of hydrogen-bond acceptors (Lipinski definition) is 11. The topological polar surface area (TPSA) is 163 Å². The minimum Gasteiger partial charge on any atom is -0.370 e. The van der Waals surface area contributed by atoms with Crippen LogP contribution in [-0.4, -0.2) is 83.6 Å². The van der Waals surface area contributed by atoms with Crippen molar-refractivity contribution in [1.29, 1.82) is 0 Å². The molecule has 3 aromatic carbocycles. The normalized spacial score (nSPS) is 20.3. The summed E-state index contributed by atoms with van der Waals surface area (Å²) in [6.45, 7) is 7.03. The second-order valence-corrected chi connectivity index (χ2v) is 15.3. The first-order valence-corrected chi connectivity index (χ1v) is 19.3. The van der Waals surface area contributed by atoms with Gasteiger partial charge in [0.05, 0.1) is 17.5 Å². The predicted octanol–water partition coefficient (Wildman–Crippen LogP) is 5.44. The number of aromatic nitrogens is 3. The fourth-order valence-electron chi connectivity index (χ4n) is 8.86. The monoisotopic (exact) mass is 727 g/mol. The molecular formula is C41H45N9O4. The van der Waals surface area contributed by atoms with Crippen molar-refractivity contribution in [3.05, 3.63) is 77.7 Å². The molecule has 5 aromatic rings. The van der Waals surface area contributed by atoms with Crippen LogP contribution in [0.25, 0.3) is 21.7 Å². The van der Waals surface area contributed by atoms with E-state index in [1.807, 2.05) is 12.1 Å². The Labute approximate surface area is 313 Å². The minimum absolute atomic E-state index is 0.145. The number of primary amides is 1. The molecule has 4 aliphatic rings. The van der Waals surface area contributed by atoms with Gasteiger partial charge in [-0.25, -0.2) is 9.97 Å². The summed E-state index contributed by atoms with van der Waals surface area (Å²) in [5.41, 5.74) is 10.4. The van der Waals surface area contributed by atoms with Crippen molar-refractivity contribution in [2.75, 3.05) is 60.9 Å². The molecule has 54 heavy (non-hydrogen) atoms. The maximum atomic E-state index is 12.7. The van der Waals surface area contributed by atoms with Crippen LogP contribution in [-0.2, 0) is 9.59 Å². The zero-order valence-electron chi connectivity index (χ0n) is 30.3. The second-order valence-electron chi connectivity index (χ2n) is 15.3. The molecule has 2 aromatic heterocycles. The Balaban J connectivity index is 0.805. The number of nitrogens with two attached hydrogens (primary N) is 1. The number of carbonyl (C=O) groups excluding carboxylic acids is 3. The largest absolute Gasteiger partial charge is 0.370 e. The molecule has 4 aliphatic heterocycles. The highest BCUT2D eigenvalue weighted by atomic mass is 16.5. The maximum Gasteiger partial charge on any atom is 0.271 e. The fraction of sp³-hybridized carbons (Fsp3) is 0.415. The van der Waals surface area contributed by atoms with Crippen LogP contribution in [0.15, 0.2) is 65.3 Å². The summed E-state index contributed by atoms with van der Waals surface area (Å²) in [4.78, 5) is 53.0. The third-order valence-corrected chi connectivity index (χ3v) is 11.8. The van der Waals surface area contributed by atoms with Gasteiger partial charge in [0.25, 0.3) is 5.91 Å². The van der Waals surface area contributed by atoms with E-state index in [1.165, 1.54) is 12.0 Å². The van der Waals surface area contributed by atoms with Gasteiger partial charge >= 0.3 is 0 Å². The highest BCUT2D eigenvalue weighted by Gasteiger charge is 2.35. The van der Waals surface area contributed by atoms with Crippen molar-refractivity contribution in [3.63, 3.8) is 0 Å². The van der Waals surface area contributed by atoms with E-state index in [0.29, 0.717) is 41.8 Å². The molecule has 4 fully saturated rings. The summed E-state index contributed by atoms with van der Waals surface area (Å²) < 4.78 is 5.83. The fourth-order valence-corrected chi connectivity index (χ4v) is 8.86. The number of nitrogens with one attached hydrogen (secondary N) is 2. The lowest BCUT2D eigenvalue weighted by Crippen LogP contribution is -2.52. The van der Waals surface area contributed by atoms with Crippen LogP contribution in [0.2, 0.25) is 0 Å². The van der Waals surface area contributed by atoms with Gasteiger partial charge in [0.1, 0.15) is 11.5 Å². The molecular weight excluding hydrogens is 683 g/mol. The van der Waals surface area contributed by atoms with Crippen LogP contribution in [0, 0.1) is 5.92 Å². The summed E-state index contributed by atoms with van der Waals surface area (Å²) in [7, 11) is 0. The van der Waals surface area contributed by atoms with Gasteiger partial charge in [-0.1, -0.05) is 41.6 Å². The van der Waals surface area contributed by atoms with Gasteiger partial charge < -0.3 is 30.3 Å². The lowest BCUT2D eigenvalue weighted by atomic mass is 9.88. The van der Waals surface area contributed by atoms with Crippen molar-refractivity contribution in [3.8, 4) is 0 Å². The number of amides is 3. The first-order valence-electron chi connectivity index (χ1n) is 19.3. The zero-order valence-corrected chi connectivity index (χ0v) is 30.3. The SMILES string of the molecule is NC(=O)c1ncc(N2CCCCC2)nc1Nc1ccc(C2CCN(CC3CN(c4cc5onc(C6CCC(=O)NC6=O)c5c5ccccc45)C3)CC2)cc1. The molecule has 13 nitrogen and oxygen atoms in total. The smallest absolute Gasteiger partial charge is 0.271 e. The van der Waals surface area contributed by atoms with Crippen molar-refractivity contribution in [1.82, 2.24) is 25.3 Å². The van der Waals surface area contributed by atoms with E-state index < -0.39 is 11.8 Å². The van der Waals surface area contributed by atoms with E-state index in [-0.39, 0.29) is 17.5 Å². The van der Waals surface area contributed by atoms with Crippen LogP contribution in [0.5, 0.6) is 0 Å². The highest BCUT2D eigenvalue weighted by molar-refractivity contribution is 6.14. The van der Waals surface area contributed by atoms with E-state index >= 15 is 0 Å². The number of hydrogen-bond donors (Lipinski definition) is 3. The standard InChI is InChI=1S/C41H45N9O4/c42-39(52)38-40(45-34(21-43-38)49-16-4-1-5-17-49)44-28-10-8-26(9-11-28)27-14-18-48(19-15-27)22-25-23-50(24-25)32-20-33-36(30-7-3-2-6-29(30)32)37(47-54-33)31-12-13-35(51)46-41(31)53/h2-3,6-11,20-21,25,27,31H,1,4-5,12-19,22-24H2,(H2,42,52)(H,44,45)(H,46,51,53). The number of anilines is 4. The number of fused-ring (bicyclic) bond motifs is 3. The number of imide groups is 1. The summed E-state index contributed by atoms with van der Waals surface area (Å²) in [6, 6.07) is 18.8. The molecule has 4 N–H and O–H groups in total. The Hall–Kier alpha value is -5.56. The van der Waals surface area contributed by atoms with Crippen molar-refractivity contribution < 1.29 is 18.9 Å². The van der Waals surface area contributed by atoms with Gasteiger partial charge in [-0.2, -0.15) is 0 Å². The molecule has 0 radical (unpaired) electrons. The summed E-state index contributed by atoms with van der Waals surface area (Å²) in [5.74, 6) is 0.594. The first kappa shape index (κ1) is 34.2. The Kier molecular flexibility index (Phi) is 9.09. The third kappa shape index (κ3) is 6.61. The third-order valence-electron chi connectivity index (χ3n) is 11.8. The first-order chi connectivity index (χ1) is 26.4. The number of nitrogens with zero attached hydrogens (tertiary/aromatic N) is 6. The summed E-state index contributed by atoms with van der Waals surface area (Å²) in [5, 5.41) is 13.1. The van der Waals surface area contributed by atoms with Gasteiger partial charge in [-0.05, 0) is 80.6 Å². The van der Waals surface area contributed by atoms with Gasteiger partial charge in [-0.15, -0.1) is 0 Å². The lowest BCUT2D eigenvalue weighted by Gasteiger charge is -2.44. The quantitative estimate of drug-likeness (QED) is 0.166. The number of piperidine rings is 3. The Bertz CT molecular complexity index is 2220. The van der Waals surface area contributed by atoms with Gasteiger partial charge in [-0.3, -0.25) is 19.7 Å². The molecule has 0 bridgehead atoms. The molecule has 9 rings (SSSR count). The molecule has 0 spiro atoms. The van der Waals surface area contributed by atoms with Crippen LogP contribution in [0.3, 0.4) is 0 Å². The second kappa shape index (κ2) is 14.3. The van der Waals surface area contributed by atoms with Gasteiger partial charge in [0, 0.05) is 67.9 Å². The van der Waals surface area contributed by atoms with Gasteiger partial charge in [0.15, 0.2) is 17.1 Å². The minimum atomic E-state index is -0.600. The van der Waals surface area contributed by atoms with Crippen LogP contribution in [0.4, 0.5) is 23.0 Å². The van der Waals surface area contributed by atoms with E-state index in [9.17, 15) is 14.4 Å². The van der Waals surface area contributed by atoms with E-state index in [0.717, 1.165) is 105 Å². The highest BCUT2D eigenvalue weighted by Crippen LogP contribution is 2.41. The van der Waals surface area contributed by atoms with Crippen LogP contribution in [0.1, 0.15) is 78.5 Å². The summed E-state index contributed by atoms with van der Waals surface area (Å²) >= 11 is 0. The summed E-state index contributed by atoms with van der Waals surface area (Å²) in [6.07, 6.45) is 8.08. The van der Waals surface area contributed by atoms with E-state index in [2.05, 4.69) is 77.9 Å². The number of benzene rings is 3. The molecule has 13 heteroatoms. The van der Waals surface area contributed by atoms with Gasteiger partial charge in [0.2, 0.25) is 11.8 Å². The lowest BCUT2D eigenvalue weighted by molar-refractivity contribution is -0.134. The zero-order chi connectivity index (χ0) is 36.8. The Morgan fingerprint density at radius 3 is 2.43 bits per heavy atom. The average Bonchev–Trinajstić information content (AvgIpc) is 3.60. The van der Waals surface area contributed by atoms with Crippen molar-refractivity contribution in [2.45, 2.75) is 56.8 Å². The number of likely N-dealkylation sites (tertiary alicyclic amines) is 1. The maximum absolute atomic E-state index is 12.7. The molecule has 4 saturated heterocycles. The average molecular weight is 728 g/mol. The molecule has 0 saturated carbocycles. The molecule has 1 unspecified atom stereocenters. The predicted molar refractivity (Wildman–Crippen MR) is 207 cm³/mol. The van der Waals surface area contributed by atoms with Crippen molar-refractivity contribution in [2.24, 2.45) is 11.7 Å². The Morgan fingerprint density at radius 2 is 1.69 bits per heavy atom. The van der Waals surface area contributed by atoms with Crippen LogP contribution >= 0.6 is 0 Å². The van der Waals surface area contributed by atoms with E-state index in [4.69, 9.17) is 15.2 Å². The van der Waals surface area contributed by atoms with E-state index in [1.54, 1.807) is 6.20 Å². The Morgan fingerprint density at radius 1 is 0.926 bits per heavy atom.